The highest BCUT2D eigenvalue weighted by Crippen LogP contribution is 2.25. The molecule has 2 N–H and O–H groups in total. The minimum Gasteiger partial charge on any atom is -0.394 e. The third-order valence-corrected chi connectivity index (χ3v) is 3.22. The van der Waals surface area contributed by atoms with Gasteiger partial charge in [0.2, 0.25) is 0 Å². The largest absolute Gasteiger partial charge is 0.394 e. The third-order valence-electron chi connectivity index (χ3n) is 2.69. The van der Waals surface area contributed by atoms with Crippen LogP contribution in [0, 0.1) is 5.82 Å². The monoisotopic (exact) mass is 299 g/mol. The van der Waals surface area contributed by atoms with Gasteiger partial charge in [0.05, 0.1) is 17.7 Å². The van der Waals surface area contributed by atoms with Gasteiger partial charge in [-0.25, -0.2) is 4.39 Å². The molecular formula is C14H12Cl2FNO. The lowest BCUT2D eigenvalue weighted by atomic mass is 10.1. The molecule has 0 amide bonds. The molecule has 5 heteroatoms. The first-order valence-electron chi connectivity index (χ1n) is 5.68. The first kappa shape index (κ1) is 14.1. The molecule has 0 bridgehead atoms. The van der Waals surface area contributed by atoms with Crippen LogP contribution in [0.15, 0.2) is 42.5 Å². The minimum atomic E-state index is -0.482. The summed E-state index contributed by atoms with van der Waals surface area (Å²) < 4.78 is 13.1. The Morgan fingerprint density at radius 1 is 1.16 bits per heavy atom. The van der Waals surface area contributed by atoms with Crippen molar-refractivity contribution in [2.45, 2.75) is 6.04 Å². The zero-order chi connectivity index (χ0) is 13.8. The van der Waals surface area contributed by atoms with Crippen LogP contribution in [0.5, 0.6) is 0 Å². The summed E-state index contributed by atoms with van der Waals surface area (Å²) in [5, 5.41) is 13.2. The first-order valence-corrected chi connectivity index (χ1v) is 6.43. The van der Waals surface area contributed by atoms with E-state index < -0.39 is 5.82 Å². The summed E-state index contributed by atoms with van der Waals surface area (Å²) in [7, 11) is 0. The summed E-state index contributed by atoms with van der Waals surface area (Å²) in [6.07, 6.45) is 0. The predicted octanol–water partition coefficient (Wildman–Crippen LogP) is 4.28. The maximum absolute atomic E-state index is 13.1. The molecule has 0 saturated carbocycles. The lowest BCUT2D eigenvalue weighted by molar-refractivity contribution is 0.276. The van der Waals surface area contributed by atoms with Gasteiger partial charge in [-0.1, -0.05) is 35.3 Å². The molecule has 2 nitrogen and oxygen atoms in total. The molecule has 2 aromatic carbocycles. The molecule has 100 valence electrons. The van der Waals surface area contributed by atoms with Gasteiger partial charge in [0.25, 0.3) is 0 Å². The van der Waals surface area contributed by atoms with E-state index in [2.05, 4.69) is 5.32 Å². The summed E-state index contributed by atoms with van der Waals surface area (Å²) in [5.74, 6) is -0.482. The zero-order valence-corrected chi connectivity index (χ0v) is 11.4. The number of hydrogen-bond donors (Lipinski definition) is 2. The van der Waals surface area contributed by atoms with E-state index in [0.717, 1.165) is 5.69 Å². The van der Waals surface area contributed by atoms with Crippen molar-refractivity contribution in [2.75, 3.05) is 11.9 Å². The quantitative estimate of drug-likeness (QED) is 0.883. The number of halogens is 3. The number of hydrogen-bond acceptors (Lipinski definition) is 2. The Morgan fingerprint density at radius 3 is 2.58 bits per heavy atom. The van der Waals surface area contributed by atoms with Gasteiger partial charge in [-0.2, -0.15) is 0 Å². The van der Waals surface area contributed by atoms with Gasteiger partial charge in [0.1, 0.15) is 5.82 Å². The van der Waals surface area contributed by atoms with Crippen LogP contribution in [0.3, 0.4) is 0 Å². The molecule has 1 unspecified atom stereocenters. The number of aliphatic hydroxyl groups is 1. The number of aliphatic hydroxyl groups excluding tert-OH is 1. The van der Waals surface area contributed by atoms with Crippen molar-refractivity contribution in [1.29, 1.82) is 0 Å². The first-order chi connectivity index (χ1) is 9.10. The molecule has 0 aromatic heterocycles. The fraction of sp³-hybridized carbons (Fsp3) is 0.143. The number of benzene rings is 2. The van der Waals surface area contributed by atoms with Crippen molar-refractivity contribution in [1.82, 2.24) is 0 Å². The molecular weight excluding hydrogens is 288 g/mol. The fourth-order valence-corrected chi connectivity index (χ4v) is 2.12. The second kappa shape index (κ2) is 6.24. The predicted molar refractivity (Wildman–Crippen MR) is 76.3 cm³/mol. The number of nitrogens with one attached hydrogen (secondary N) is 1. The van der Waals surface area contributed by atoms with E-state index in [0.29, 0.717) is 10.6 Å². The van der Waals surface area contributed by atoms with Crippen molar-refractivity contribution in [3.8, 4) is 0 Å². The fourth-order valence-electron chi connectivity index (χ4n) is 1.74. The molecule has 0 aliphatic heterocycles. The van der Waals surface area contributed by atoms with E-state index in [9.17, 15) is 9.50 Å². The molecule has 0 saturated heterocycles. The van der Waals surface area contributed by atoms with Gasteiger partial charge in [-0.3, -0.25) is 0 Å². The Labute approximate surface area is 120 Å². The molecule has 0 radical (unpaired) electrons. The van der Waals surface area contributed by atoms with E-state index in [4.69, 9.17) is 23.2 Å². The number of anilines is 1. The standard InChI is InChI=1S/C14H12Cl2FNO/c15-10-2-1-3-11(7-10)18-14(8-19)9-4-5-13(17)12(16)6-9/h1-7,14,18-19H,8H2. The Balaban J connectivity index is 2.22. The van der Waals surface area contributed by atoms with Crippen molar-refractivity contribution < 1.29 is 9.50 Å². The highest BCUT2D eigenvalue weighted by atomic mass is 35.5. The van der Waals surface area contributed by atoms with Crippen LogP contribution in [0.25, 0.3) is 0 Å². The Bertz CT molecular complexity index is 577. The summed E-state index contributed by atoms with van der Waals surface area (Å²) in [5.41, 5.74) is 1.47. The molecule has 0 aliphatic carbocycles. The second-order valence-corrected chi connectivity index (χ2v) is 4.91. The van der Waals surface area contributed by atoms with Crippen molar-refractivity contribution >= 4 is 28.9 Å². The van der Waals surface area contributed by atoms with Crippen molar-refractivity contribution in [2.24, 2.45) is 0 Å². The van der Waals surface area contributed by atoms with E-state index >= 15 is 0 Å². The normalized spacial score (nSPS) is 12.2. The maximum Gasteiger partial charge on any atom is 0.141 e. The lowest BCUT2D eigenvalue weighted by Crippen LogP contribution is -2.14. The Kier molecular flexibility index (Phi) is 4.64. The summed E-state index contributed by atoms with van der Waals surface area (Å²) >= 11 is 11.6. The molecule has 2 rings (SSSR count). The molecule has 1 atom stereocenters. The Morgan fingerprint density at radius 2 is 1.95 bits per heavy atom. The van der Waals surface area contributed by atoms with Crippen LogP contribution in [-0.4, -0.2) is 11.7 Å². The minimum absolute atomic E-state index is 0.0313. The van der Waals surface area contributed by atoms with Crippen LogP contribution < -0.4 is 5.32 Å². The van der Waals surface area contributed by atoms with Crippen molar-refractivity contribution in [3.63, 3.8) is 0 Å². The molecule has 0 heterocycles. The van der Waals surface area contributed by atoms with Gasteiger partial charge in [0, 0.05) is 10.7 Å². The van der Waals surface area contributed by atoms with Crippen LogP contribution in [0.1, 0.15) is 11.6 Å². The van der Waals surface area contributed by atoms with Gasteiger partial charge in [0.15, 0.2) is 0 Å². The lowest BCUT2D eigenvalue weighted by Gasteiger charge is -2.18. The molecule has 0 spiro atoms. The van der Waals surface area contributed by atoms with Gasteiger partial charge in [-0.05, 0) is 35.9 Å². The summed E-state index contributed by atoms with van der Waals surface area (Å²) in [4.78, 5) is 0. The molecule has 0 fully saturated rings. The third kappa shape index (κ3) is 3.60. The zero-order valence-electron chi connectivity index (χ0n) is 9.91. The van der Waals surface area contributed by atoms with Crippen LogP contribution in [0.4, 0.5) is 10.1 Å². The summed E-state index contributed by atoms with van der Waals surface area (Å²) in [6, 6.07) is 11.1. The Hall–Kier alpha value is -1.29. The SMILES string of the molecule is OCC(Nc1cccc(Cl)c1)c1ccc(F)c(Cl)c1. The van der Waals surface area contributed by atoms with Gasteiger partial charge in [-0.15, -0.1) is 0 Å². The van der Waals surface area contributed by atoms with Crippen LogP contribution in [-0.2, 0) is 0 Å². The molecule has 2 aromatic rings. The smallest absolute Gasteiger partial charge is 0.141 e. The molecule has 0 aliphatic rings. The maximum atomic E-state index is 13.1. The summed E-state index contributed by atoms with van der Waals surface area (Å²) in [6.45, 7) is -0.144. The van der Waals surface area contributed by atoms with Gasteiger partial charge < -0.3 is 10.4 Å². The van der Waals surface area contributed by atoms with Crippen LogP contribution >= 0.6 is 23.2 Å². The highest BCUT2D eigenvalue weighted by molar-refractivity contribution is 6.31. The highest BCUT2D eigenvalue weighted by Gasteiger charge is 2.12. The topological polar surface area (TPSA) is 32.3 Å². The average Bonchev–Trinajstić information content (AvgIpc) is 2.39. The van der Waals surface area contributed by atoms with Gasteiger partial charge >= 0.3 is 0 Å². The van der Waals surface area contributed by atoms with E-state index in [1.807, 2.05) is 6.07 Å². The molecule has 19 heavy (non-hydrogen) atoms. The van der Waals surface area contributed by atoms with E-state index in [1.54, 1.807) is 24.3 Å². The van der Waals surface area contributed by atoms with Crippen LogP contribution in [0.2, 0.25) is 10.0 Å². The van der Waals surface area contributed by atoms with E-state index in [1.165, 1.54) is 12.1 Å². The second-order valence-electron chi connectivity index (χ2n) is 4.06. The van der Waals surface area contributed by atoms with Crippen molar-refractivity contribution in [3.05, 3.63) is 63.9 Å². The average molecular weight is 300 g/mol. The van der Waals surface area contributed by atoms with E-state index in [-0.39, 0.29) is 17.7 Å². The number of rotatable bonds is 4.